The summed E-state index contributed by atoms with van der Waals surface area (Å²) in [7, 11) is 1.67. The minimum Gasteiger partial charge on any atom is -0.497 e. The second kappa shape index (κ2) is 5.09. The number of fused-ring (bicyclic) bond motifs is 1. The smallest absolute Gasteiger partial charge is 0.188 e. The highest BCUT2D eigenvalue weighted by Crippen LogP contribution is 2.31. The van der Waals surface area contributed by atoms with E-state index in [9.17, 15) is 0 Å². The maximum atomic E-state index is 5.23. The standard InChI is InChI=1S/C15H15N3OS/c1-9-4-6-12(10(2)16-9)17-15-18-13-7-5-11(19-3)8-14(13)20-15/h4-8H,1-3H3,(H,17,18). The molecule has 3 aromatic rings. The third-order valence-electron chi connectivity index (χ3n) is 3.06. The van der Waals surface area contributed by atoms with E-state index in [0.29, 0.717) is 0 Å². The lowest BCUT2D eigenvalue weighted by Gasteiger charge is -2.06. The van der Waals surface area contributed by atoms with Crippen LogP contribution in [0.1, 0.15) is 11.4 Å². The first-order valence-corrected chi connectivity index (χ1v) is 7.13. The summed E-state index contributed by atoms with van der Waals surface area (Å²) in [6.07, 6.45) is 0. The van der Waals surface area contributed by atoms with Crippen molar-refractivity contribution in [3.8, 4) is 5.75 Å². The van der Waals surface area contributed by atoms with Gasteiger partial charge in [-0.2, -0.15) is 0 Å². The molecular formula is C15H15N3OS. The Morgan fingerprint density at radius 1 is 1.10 bits per heavy atom. The third kappa shape index (κ3) is 2.44. The van der Waals surface area contributed by atoms with Crippen LogP contribution in [0.4, 0.5) is 10.8 Å². The van der Waals surface area contributed by atoms with Gasteiger partial charge in [-0.15, -0.1) is 0 Å². The number of nitrogens with one attached hydrogen (secondary N) is 1. The van der Waals surface area contributed by atoms with Crippen LogP contribution in [0.5, 0.6) is 5.75 Å². The zero-order valence-electron chi connectivity index (χ0n) is 11.6. The number of nitrogens with zero attached hydrogens (tertiary/aromatic N) is 2. The van der Waals surface area contributed by atoms with Gasteiger partial charge in [0.05, 0.1) is 28.7 Å². The van der Waals surface area contributed by atoms with Crippen molar-refractivity contribution in [2.24, 2.45) is 0 Å². The molecular weight excluding hydrogens is 270 g/mol. The van der Waals surface area contributed by atoms with E-state index in [2.05, 4.69) is 15.3 Å². The number of hydrogen-bond acceptors (Lipinski definition) is 5. The van der Waals surface area contributed by atoms with Gasteiger partial charge >= 0.3 is 0 Å². The van der Waals surface area contributed by atoms with Crippen molar-refractivity contribution in [3.63, 3.8) is 0 Å². The van der Waals surface area contributed by atoms with E-state index in [4.69, 9.17) is 4.74 Å². The number of aromatic nitrogens is 2. The van der Waals surface area contributed by atoms with Gasteiger partial charge in [-0.25, -0.2) is 4.98 Å². The van der Waals surface area contributed by atoms with E-state index in [1.54, 1.807) is 18.4 Å². The lowest BCUT2D eigenvalue weighted by molar-refractivity contribution is 0.415. The van der Waals surface area contributed by atoms with Crippen LogP contribution in [-0.2, 0) is 0 Å². The fourth-order valence-electron chi connectivity index (χ4n) is 2.02. The Morgan fingerprint density at radius 3 is 2.70 bits per heavy atom. The number of methoxy groups -OCH3 is 1. The fraction of sp³-hybridized carbons (Fsp3) is 0.200. The Bertz CT molecular complexity index is 767. The largest absolute Gasteiger partial charge is 0.497 e. The molecule has 0 spiro atoms. The van der Waals surface area contributed by atoms with E-state index >= 15 is 0 Å². The molecule has 20 heavy (non-hydrogen) atoms. The van der Waals surface area contributed by atoms with E-state index < -0.39 is 0 Å². The summed E-state index contributed by atoms with van der Waals surface area (Å²) in [6, 6.07) is 9.91. The van der Waals surface area contributed by atoms with E-state index in [1.165, 1.54) is 0 Å². The quantitative estimate of drug-likeness (QED) is 0.788. The molecule has 1 N–H and O–H groups in total. The van der Waals surface area contributed by atoms with Crippen molar-refractivity contribution in [1.82, 2.24) is 9.97 Å². The highest BCUT2D eigenvalue weighted by Gasteiger charge is 2.07. The summed E-state index contributed by atoms with van der Waals surface area (Å²) < 4.78 is 6.33. The topological polar surface area (TPSA) is 47.0 Å². The summed E-state index contributed by atoms with van der Waals surface area (Å²) in [5.41, 5.74) is 3.95. The first kappa shape index (κ1) is 12.9. The number of ether oxygens (including phenoxy) is 1. The summed E-state index contributed by atoms with van der Waals surface area (Å²) >= 11 is 1.60. The van der Waals surface area contributed by atoms with E-state index in [0.717, 1.165) is 38.2 Å². The molecule has 2 heterocycles. The average Bonchev–Trinajstić information content (AvgIpc) is 2.83. The number of thiazole rings is 1. The Morgan fingerprint density at radius 2 is 1.95 bits per heavy atom. The molecule has 5 heteroatoms. The van der Waals surface area contributed by atoms with Crippen molar-refractivity contribution in [2.45, 2.75) is 13.8 Å². The first-order chi connectivity index (χ1) is 9.65. The Kier molecular flexibility index (Phi) is 3.28. The Labute approximate surface area is 121 Å². The molecule has 0 fully saturated rings. The monoisotopic (exact) mass is 285 g/mol. The van der Waals surface area contributed by atoms with Crippen LogP contribution in [0.2, 0.25) is 0 Å². The first-order valence-electron chi connectivity index (χ1n) is 6.31. The predicted molar refractivity (Wildman–Crippen MR) is 83.2 cm³/mol. The Balaban J connectivity index is 1.94. The average molecular weight is 285 g/mol. The van der Waals surface area contributed by atoms with Crippen LogP contribution >= 0.6 is 11.3 Å². The molecule has 2 aromatic heterocycles. The molecule has 0 radical (unpaired) electrons. The highest BCUT2D eigenvalue weighted by atomic mass is 32.1. The molecule has 0 aliphatic carbocycles. The van der Waals surface area contributed by atoms with Gasteiger partial charge in [0.25, 0.3) is 0 Å². The minimum atomic E-state index is 0.848. The number of aryl methyl sites for hydroxylation is 2. The van der Waals surface area contributed by atoms with Gasteiger partial charge in [0.2, 0.25) is 0 Å². The van der Waals surface area contributed by atoms with Crippen molar-refractivity contribution < 1.29 is 4.74 Å². The zero-order valence-corrected chi connectivity index (χ0v) is 12.4. The van der Waals surface area contributed by atoms with Gasteiger partial charge in [0.1, 0.15) is 5.75 Å². The summed E-state index contributed by atoms with van der Waals surface area (Å²) in [4.78, 5) is 9.02. The van der Waals surface area contributed by atoms with E-state index in [-0.39, 0.29) is 0 Å². The molecule has 1 aromatic carbocycles. The summed E-state index contributed by atoms with van der Waals surface area (Å²) in [6.45, 7) is 3.98. The van der Waals surface area contributed by atoms with Crippen LogP contribution in [0.3, 0.4) is 0 Å². The molecule has 0 bridgehead atoms. The normalized spacial score (nSPS) is 10.8. The van der Waals surface area contributed by atoms with Crippen molar-refractivity contribution in [3.05, 3.63) is 41.7 Å². The molecule has 0 unspecified atom stereocenters. The van der Waals surface area contributed by atoms with Crippen LogP contribution in [0.25, 0.3) is 10.2 Å². The molecule has 0 aliphatic rings. The summed E-state index contributed by atoms with van der Waals surface area (Å²) in [5.74, 6) is 0.848. The SMILES string of the molecule is COc1ccc2nc(Nc3ccc(C)nc3C)sc2c1. The van der Waals surface area contributed by atoms with Gasteiger partial charge in [0.15, 0.2) is 5.13 Å². The van der Waals surface area contributed by atoms with Crippen LogP contribution < -0.4 is 10.1 Å². The van der Waals surface area contributed by atoms with Gasteiger partial charge in [-0.05, 0) is 44.2 Å². The number of pyridine rings is 1. The second-order valence-corrected chi connectivity index (χ2v) is 5.59. The van der Waals surface area contributed by atoms with Gasteiger partial charge < -0.3 is 10.1 Å². The molecule has 102 valence electrons. The van der Waals surface area contributed by atoms with Gasteiger partial charge in [-0.1, -0.05) is 11.3 Å². The number of rotatable bonds is 3. The van der Waals surface area contributed by atoms with Gasteiger partial charge in [-0.3, -0.25) is 4.98 Å². The Hall–Kier alpha value is -2.14. The van der Waals surface area contributed by atoms with Crippen LogP contribution in [0.15, 0.2) is 30.3 Å². The maximum absolute atomic E-state index is 5.23. The summed E-state index contributed by atoms with van der Waals surface area (Å²) in [5, 5.41) is 4.19. The molecule has 0 atom stereocenters. The molecule has 0 aliphatic heterocycles. The van der Waals surface area contributed by atoms with Crippen molar-refractivity contribution in [2.75, 3.05) is 12.4 Å². The molecule has 3 rings (SSSR count). The van der Waals surface area contributed by atoms with E-state index in [1.807, 2.05) is 44.2 Å². The zero-order chi connectivity index (χ0) is 14.1. The number of anilines is 2. The minimum absolute atomic E-state index is 0.848. The fourth-order valence-corrected chi connectivity index (χ4v) is 2.93. The third-order valence-corrected chi connectivity index (χ3v) is 4.00. The predicted octanol–water partition coefficient (Wildman–Crippen LogP) is 4.06. The number of hydrogen-bond donors (Lipinski definition) is 1. The lowest BCUT2D eigenvalue weighted by atomic mass is 10.3. The highest BCUT2D eigenvalue weighted by molar-refractivity contribution is 7.22. The number of benzene rings is 1. The van der Waals surface area contributed by atoms with Crippen molar-refractivity contribution in [1.29, 1.82) is 0 Å². The lowest BCUT2D eigenvalue weighted by Crippen LogP contribution is -1.95. The molecule has 4 nitrogen and oxygen atoms in total. The van der Waals surface area contributed by atoms with Crippen LogP contribution in [0, 0.1) is 13.8 Å². The van der Waals surface area contributed by atoms with Crippen molar-refractivity contribution >= 4 is 32.4 Å². The maximum Gasteiger partial charge on any atom is 0.188 e. The molecule has 0 saturated carbocycles. The molecule has 0 saturated heterocycles. The molecule has 0 amide bonds. The van der Waals surface area contributed by atoms with Crippen LogP contribution in [-0.4, -0.2) is 17.1 Å². The van der Waals surface area contributed by atoms with Gasteiger partial charge in [0, 0.05) is 5.69 Å². The second-order valence-electron chi connectivity index (χ2n) is 4.56.